The normalized spacial score (nSPS) is 13.6. The van der Waals surface area contributed by atoms with Crippen molar-refractivity contribution in [3.05, 3.63) is 54.1 Å². The van der Waals surface area contributed by atoms with Gasteiger partial charge in [-0.05, 0) is 25.1 Å². The molecule has 5 heteroatoms. The molecule has 106 valence electrons. The van der Waals surface area contributed by atoms with Crippen LogP contribution in [-0.2, 0) is 5.54 Å². The van der Waals surface area contributed by atoms with Gasteiger partial charge in [0.1, 0.15) is 11.6 Å². The number of anilines is 1. The lowest BCUT2D eigenvalue weighted by atomic mass is 9.94. The van der Waals surface area contributed by atoms with Crippen LogP contribution in [0.2, 0.25) is 0 Å². The van der Waals surface area contributed by atoms with Crippen LogP contribution >= 0.6 is 0 Å². The van der Waals surface area contributed by atoms with Crippen LogP contribution in [0.25, 0.3) is 0 Å². The van der Waals surface area contributed by atoms with Gasteiger partial charge in [-0.15, -0.1) is 0 Å². The summed E-state index contributed by atoms with van der Waals surface area (Å²) in [6, 6.07) is 8.67. The maximum Gasteiger partial charge on any atom is 0.141 e. The SMILES string of the molecule is COc1cccc(NC(C)(CO)c2cncc(F)c2)c1. The number of halogens is 1. The van der Waals surface area contributed by atoms with E-state index in [9.17, 15) is 9.50 Å². The quantitative estimate of drug-likeness (QED) is 0.881. The molecule has 20 heavy (non-hydrogen) atoms. The fourth-order valence-corrected chi connectivity index (χ4v) is 1.94. The highest BCUT2D eigenvalue weighted by molar-refractivity contribution is 5.51. The maximum absolute atomic E-state index is 13.3. The average molecular weight is 276 g/mol. The van der Waals surface area contributed by atoms with Crippen molar-refractivity contribution in [2.45, 2.75) is 12.5 Å². The van der Waals surface area contributed by atoms with Crippen molar-refractivity contribution in [3.63, 3.8) is 0 Å². The van der Waals surface area contributed by atoms with Crippen LogP contribution in [0.4, 0.5) is 10.1 Å². The lowest BCUT2D eigenvalue weighted by Crippen LogP contribution is -2.36. The van der Waals surface area contributed by atoms with Crippen LogP contribution in [-0.4, -0.2) is 23.8 Å². The second kappa shape index (κ2) is 5.88. The van der Waals surface area contributed by atoms with E-state index in [-0.39, 0.29) is 6.61 Å². The van der Waals surface area contributed by atoms with Gasteiger partial charge < -0.3 is 15.2 Å². The van der Waals surface area contributed by atoms with E-state index >= 15 is 0 Å². The number of ether oxygens (including phenoxy) is 1. The average Bonchev–Trinajstić information content (AvgIpc) is 2.47. The van der Waals surface area contributed by atoms with E-state index in [4.69, 9.17) is 4.74 Å². The molecule has 0 aliphatic heterocycles. The number of rotatable bonds is 5. The molecule has 0 saturated carbocycles. The van der Waals surface area contributed by atoms with Crippen molar-refractivity contribution in [2.75, 3.05) is 19.0 Å². The van der Waals surface area contributed by atoms with Crippen LogP contribution in [0.15, 0.2) is 42.7 Å². The zero-order valence-electron chi connectivity index (χ0n) is 11.4. The van der Waals surface area contributed by atoms with Gasteiger partial charge in [-0.2, -0.15) is 0 Å². The van der Waals surface area contributed by atoms with E-state index in [1.54, 1.807) is 20.1 Å². The first-order chi connectivity index (χ1) is 9.57. The first-order valence-corrected chi connectivity index (χ1v) is 6.21. The predicted molar refractivity (Wildman–Crippen MR) is 75.2 cm³/mol. The van der Waals surface area contributed by atoms with Crippen LogP contribution < -0.4 is 10.1 Å². The van der Waals surface area contributed by atoms with Crippen LogP contribution in [0.5, 0.6) is 5.75 Å². The third-order valence-electron chi connectivity index (χ3n) is 3.15. The molecule has 0 radical (unpaired) electrons. The number of nitrogens with one attached hydrogen (secondary N) is 1. The van der Waals surface area contributed by atoms with E-state index in [0.29, 0.717) is 11.3 Å². The standard InChI is InChI=1S/C15H17FN2O2/c1-15(10-19,11-6-12(16)9-17-8-11)18-13-4-3-5-14(7-13)20-2/h3-9,18-19H,10H2,1-2H3. The number of aromatic nitrogens is 1. The van der Waals surface area contributed by atoms with Crippen molar-refractivity contribution in [2.24, 2.45) is 0 Å². The largest absolute Gasteiger partial charge is 0.497 e. The smallest absolute Gasteiger partial charge is 0.141 e. The number of pyridine rings is 1. The summed E-state index contributed by atoms with van der Waals surface area (Å²) < 4.78 is 18.5. The minimum absolute atomic E-state index is 0.199. The molecule has 0 aliphatic carbocycles. The Morgan fingerprint density at radius 1 is 1.35 bits per heavy atom. The number of hydrogen-bond acceptors (Lipinski definition) is 4. The second-order valence-electron chi connectivity index (χ2n) is 4.74. The molecule has 0 saturated heterocycles. The van der Waals surface area contributed by atoms with Gasteiger partial charge in [-0.1, -0.05) is 6.07 Å². The molecule has 0 bridgehead atoms. The Bertz CT molecular complexity index is 592. The molecule has 2 aromatic rings. The predicted octanol–water partition coefficient (Wildman–Crippen LogP) is 2.55. The summed E-state index contributed by atoms with van der Waals surface area (Å²) in [7, 11) is 1.58. The topological polar surface area (TPSA) is 54.4 Å². The van der Waals surface area contributed by atoms with E-state index in [0.717, 1.165) is 11.9 Å². The number of benzene rings is 1. The zero-order chi connectivity index (χ0) is 14.6. The highest BCUT2D eigenvalue weighted by Gasteiger charge is 2.26. The summed E-state index contributed by atoms with van der Waals surface area (Å²) >= 11 is 0. The van der Waals surface area contributed by atoms with Crippen molar-refractivity contribution in [1.29, 1.82) is 0 Å². The Morgan fingerprint density at radius 3 is 2.80 bits per heavy atom. The molecular weight excluding hydrogens is 259 g/mol. The number of hydrogen-bond donors (Lipinski definition) is 2. The monoisotopic (exact) mass is 276 g/mol. The van der Waals surface area contributed by atoms with Crippen molar-refractivity contribution < 1.29 is 14.2 Å². The van der Waals surface area contributed by atoms with Gasteiger partial charge in [0, 0.05) is 23.5 Å². The van der Waals surface area contributed by atoms with E-state index in [2.05, 4.69) is 10.3 Å². The zero-order valence-corrected chi connectivity index (χ0v) is 11.4. The summed E-state index contributed by atoms with van der Waals surface area (Å²) in [6.07, 6.45) is 2.67. The molecule has 1 unspecified atom stereocenters. The summed E-state index contributed by atoms with van der Waals surface area (Å²) in [5.41, 5.74) is 0.509. The first kappa shape index (κ1) is 14.3. The van der Waals surface area contributed by atoms with E-state index in [1.807, 2.05) is 18.2 Å². The second-order valence-corrected chi connectivity index (χ2v) is 4.74. The summed E-state index contributed by atoms with van der Waals surface area (Å²) in [5, 5.41) is 12.9. The molecule has 1 heterocycles. The Labute approximate surface area is 117 Å². The van der Waals surface area contributed by atoms with E-state index < -0.39 is 11.4 Å². The number of aliphatic hydroxyl groups is 1. The first-order valence-electron chi connectivity index (χ1n) is 6.21. The maximum atomic E-state index is 13.3. The van der Waals surface area contributed by atoms with Gasteiger partial charge >= 0.3 is 0 Å². The fraction of sp³-hybridized carbons (Fsp3) is 0.267. The van der Waals surface area contributed by atoms with Gasteiger partial charge in [0.25, 0.3) is 0 Å². The van der Waals surface area contributed by atoms with E-state index in [1.165, 1.54) is 12.3 Å². The number of aliphatic hydroxyl groups excluding tert-OH is 1. The lowest BCUT2D eigenvalue weighted by Gasteiger charge is -2.30. The molecular formula is C15H17FN2O2. The van der Waals surface area contributed by atoms with Crippen molar-refractivity contribution in [3.8, 4) is 5.75 Å². The Balaban J connectivity index is 2.31. The summed E-state index contributed by atoms with van der Waals surface area (Å²) in [6.45, 7) is 1.58. The van der Waals surface area contributed by atoms with Crippen LogP contribution in [0.3, 0.4) is 0 Å². The Morgan fingerprint density at radius 2 is 2.15 bits per heavy atom. The molecule has 2 rings (SSSR count). The summed E-state index contributed by atoms with van der Waals surface area (Å²) in [4.78, 5) is 3.82. The van der Waals surface area contributed by atoms with Crippen LogP contribution in [0, 0.1) is 5.82 Å². The highest BCUT2D eigenvalue weighted by Crippen LogP contribution is 2.27. The molecule has 1 aromatic carbocycles. The minimum atomic E-state index is -0.832. The number of nitrogens with zero attached hydrogens (tertiary/aromatic N) is 1. The molecule has 0 aliphatic rings. The lowest BCUT2D eigenvalue weighted by molar-refractivity contribution is 0.223. The number of methoxy groups -OCH3 is 1. The van der Waals surface area contributed by atoms with Gasteiger partial charge in [0.05, 0.1) is 25.5 Å². The molecule has 1 atom stereocenters. The molecule has 0 spiro atoms. The van der Waals surface area contributed by atoms with Gasteiger partial charge in [0.2, 0.25) is 0 Å². The third-order valence-corrected chi connectivity index (χ3v) is 3.15. The third kappa shape index (κ3) is 3.05. The summed E-state index contributed by atoms with van der Waals surface area (Å²) in [5.74, 6) is 0.266. The van der Waals surface area contributed by atoms with Crippen molar-refractivity contribution in [1.82, 2.24) is 4.98 Å². The van der Waals surface area contributed by atoms with Gasteiger partial charge in [-0.25, -0.2) is 4.39 Å². The molecule has 0 amide bonds. The van der Waals surface area contributed by atoms with Crippen LogP contribution in [0.1, 0.15) is 12.5 Å². The Hall–Kier alpha value is -2.14. The Kier molecular flexibility index (Phi) is 4.20. The molecule has 0 fully saturated rings. The minimum Gasteiger partial charge on any atom is -0.497 e. The molecule has 4 nitrogen and oxygen atoms in total. The fourth-order valence-electron chi connectivity index (χ4n) is 1.94. The van der Waals surface area contributed by atoms with Gasteiger partial charge in [0.15, 0.2) is 0 Å². The highest BCUT2D eigenvalue weighted by atomic mass is 19.1. The molecule has 2 N–H and O–H groups in total. The van der Waals surface area contributed by atoms with Crippen molar-refractivity contribution >= 4 is 5.69 Å². The van der Waals surface area contributed by atoms with Gasteiger partial charge in [-0.3, -0.25) is 4.98 Å². The molecule has 1 aromatic heterocycles.